The highest BCUT2D eigenvalue weighted by Crippen LogP contribution is 2.32. The van der Waals surface area contributed by atoms with Gasteiger partial charge in [-0.25, -0.2) is 4.98 Å². The topological polar surface area (TPSA) is 77.7 Å². The van der Waals surface area contributed by atoms with Gasteiger partial charge in [-0.15, -0.1) is 0 Å². The fourth-order valence-electron chi connectivity index (χ4n) is 0.907. The molecule has 1 aromatic rings. The van der Waals surface area contributed by atoms with E-state index in [4.69, 9.17) is 21.8 Å². The van der Waals surface area contributed by atoms with E-state index < -0.39 is 24.5 Å². The molecule has 0 unspecified atom stereocenters. The average molecular weight is 284 g/mol. The lowest BCUT2D eigenvalue weighted by Gasteiger charge is -2.08. The largest absolute Gasteiger partial charge is 0.417 e. The van der Waals surface area contributed by atoms with Crippen molar-refractivity contribution in [2.24, 2.45) is 5.10 Å². The van der Waals surface area contributed by atoms with Crippen LogP contribution in [0, 0.1) is 0 Å². The van der Waals surface area contributed by atoms with Gasteiger partial charge in [-0.3, -0.25) is 5.43 Å². The molecular formula is C9H9ClF3N3O2. The van der Waals surface area contributed by atoms with E-state index in [9.17, 15) is 13.2 Å². The second kappa shape index (κ2) is 5.98. The molecule has 3 N–H and O–H groups in total. The Hall–Kier alpha value is -1.38. The van der Waals surface area contributed by atoms with Gasteiger partial charge in [0.05, 0.1) is 23.4 Å². The Labute approximate surface area is 105 Å². The lowest BCUT2D eigenvalue weighted by Crippen LogP contribution is -2.14. The summed E-state index contributed by atoms with van der Waals surface area (Å²) in [5.41, 5.74) is 1.27. The van der Waals surface area contributed by atoms with Crippen LogP contribution in [0.15, 0.2) is 17.4 Å². The Morgan fingerprint density at radius 1 is 1.56 bits per heavy atom. The number of aromatic nitrogens is 1. The molecule has 1 rings (SSSR count). The van der Waals surface area contributed by atoms with Crippen LogP contribution in [0.1, 0.15) is 5.56 Å². The number of anilines is 1. The van der Waals surface area contributed by atoms with Crippen LogP contribution in [-0.4, -0.2) is 34.1 Å². The highest BCUT2D eigenvalue weighted by Gasteiger charge is 2.31. The van der Waals surface area contributed by atoms with Crippen molar-refractivity contribution >= 4 is 23.6 Å². The van der Waals surface area contributed by atoms with Crippen molar-refractivity contribution < 1.29 is 23.4 Å². The molecule has 0 aliphatic heterocycles. The first-order valence-electron chi connectivity index (χ1n) is 4.65. The standard InChI is InChI=1S/C9H9ClF3N3O2/c10-7-1-5(9(11,12)13)2-14-8(7)16-15-3-6(18)4-17/h1-3,6,17-18H,4H2,(H,14,16)/b15-3-/t6-/m1/s1. The smallest absolute Gasteiger partial charge is 0.393 e. The Morgan fingerprint density at radius 2 is 2.22 bits per heavy atom. The number of pyridine rings is 1. The van der Waals surface area contributed by atoms with E-state index in [1.165, 1.54) is 0 Å². The molecule has 0 aliphatic rings. The van der Waals surface area contributed by atoms with Crippen molar-refractivity contribution in [1.29, 1.82) is 0 Å². The van der Waals surface area contributed by atoms with Gasteiger partial charge in [0.25, 0.3) is 0 Å². The van der Waals surface area contributed by atoms with E-state index >= 15 is 0 Å². The minimum Gasteiger partial charge on any atom is -0.393 e. The molecule has 0 aliphatic carbocycles. The zero-order chi connectivity index (χ0) is 13.8. The molecule has 18 heavy (non-hydrogen) atoms. The van der Waals surface area contributed by atoms with Crippen molar-refractivity contribution in [2.75, 3.05) is 12.0 Å². The van der Waals surface area contributed by atoms with Crippen molar-refractivity contribution in [3.8, 4) is 0 Å². The van der Waals surface area contributed by atoms with Gasteiger partial charge in [-0.2, -0.15) is 18.3 Å². The summed E-state index contributed by atoms with van der Waals surface area (Å²) in [4.78, 5) is 3.45. The van der Waals surface area contributed by atoms with Crippen LogP contribution < -0.4 is 5.43 Å². The molecule has 1 atom stereocenters. The molecule has 5 nitrogen and oxygen atoms in total. The highest BCUT2D eigenvalue weighted by molar-refractivity contribution is 6.32. The van der Waals surface area contributed by atoms with Gasteiger partial charge >= 0.3 is 6.18 Å². The maximum absolute atomic E-state index is 12.3. The fraction of sp³-hybridized carbons (Fsp3) is 0.333. The van der Waals surface area contributed by atoms with Gasteiger partial charge in [0.15, 0.2) is 5.82 Å². The van der Waals surface area contributed by atoms with Crippen LogP contribution in [0.25, 0.3) is 0 Å². The minimum absolute atomic E-state index is 0.0916. The SMILES string of the molecule is OC[C@H](O)/C=N\Nc1ncc(C(F)(F)F)cc1Cl. The summed E-state index contributed by atoms with van der Waals surface area (Å²) in [7, 11) is 0. The molecule has 0 saturated heterocycles. The molecule has 100 valence electrons. The Morgan fingerprint density at radius 3 is 2.72 bits per heavy atom. The van der Waals surface area contributed by atoms with Crippen LogP contribution in [0.4, 0.5) is 19.0 Å². The maximum Gasteiger partial charge on any atom is 0.417 e. The monoisotopic (exact) mass is 283 g/mol. The molecule has 9 heteroatoms. The third kappa shape index (κ3) is 4.13. The van der Waals surface area contributed by atoms with Crippen molar-refractivity contribution in [1.82, 2.24) is 4.98 Å². The van der Waals surface area contributed by atoms with Crippen LogP contribution in [0.5, 0.6) is 0 Å². The molecule has 0 amide bonds. The van der Waals surface area contributed by atoms with Crippen molar-refractivity contribution in [2.45, 2.75) is 12.3 Å². The van der Waals surface area contributed by atoms with Crippen molar-refractivity contribution in [3.63, 3.8) is 0 Å². The van der Waals surface area contributed by atoms with E-state index in [1.54, 1.807) is 0 Å². The minimum atomic E-state index is -4.52. The van der Waals surface area contributed by atoms with Crippen molar-refractivity contribution in [3.05, 3.63) is 22.8 Å². The molecule has 0 aromatic carbocycles. The normalized spacial score (nSPS) is 13.9. The van der Waals surface area contributed by atoms with E-state index in [1.807, 2.05) is 0 Å². The fourth-order valence-corrected chi connectivity index (χ4v) is 1.12. The Bertz CT molecular complexity index is 440. The summed E-state index contributed by atoms with van der Waals surface area (Å²) in [6.45, 7) is -0.528. The zero-order valence-electron chi connectivity index (χ0n) is 8.82. The summed E-state index contributed by atoms with van der Waals surface area (Å²) in [6, 6.07) is 0.703. The van der Waals surface area contributed by atoms with E-state index in [2.05, 4.69) is 15.5 Å². The summed E-state index contributed by atoms with van der Waals surface area (Å²) >= 11 is 5.57. The number of hydrazone groups is 1. The Kier molecular flexibility index (Phi) is 4.88. The van der Waals surface area contributed by atoms with E-state index in [0.29, 0.717) is 12.3 Å². The molecule has 0 bridgehead atoms. The zero-order valence-corrected chi connectivity index (χ0v) is 9.57. The van der Waals surface area contributed by atoms with Crippen LogP contribution in [-0.2, 0) is 6.18 Å². The number of hydrogen-bond acceptors (Lipinski definition) is 5. The summed E-state index contributed by atoms with van der Waals surface area (Å²) < 4.78 is 36.9. The number of nitrogens with one attached hydrogen (secondary N) is 1. The molecular weight excluding hydrogens is 275 g/mol. The van der Waals surface area contributed by atoms with Gasteiger partial charge in [-0.05, 0) is 6.07 Å². The first-order chi connectivity index (χ1) is 8.34. The lowest BCUT2D eigenvalue weighted by atomic mass is 10.3. The molecule has 0 fully saturated rings. The maximum atomic E-state index is 12.3. The summed E-state index contributed by atoms with van der Waals surface area (Å²) in [5, 5.41) is 20.6. The number of aliphatic hydroxyl groups excluding tert-OH is 2. The molecule has 0 saturated carbocycles. The number of halogens is 4. The summed E-state index contributed by atoms with van der Waals surface area (Å²) in [5.74, 6) is -0.0916. The number of aliphatic hydroxyl groups is 2. The molecule has 0 spiro atoms. The molecule has 1 heterocycles. The predicted octanol–water partition coefficient (Wildman–Crippen LogP) is 1.50. The Balaban J connectivity index is 2.78. The number of rotatable bonds is 4. The van der Waals surface area contributed by atoms with E-state index in [-0.39, 0.29) is 10.8 Å². The first kappa shape index (κ1) is 14.7. The van der Waals surface area contributed by atoms with Gasteiger partial charge in [0.2, 0.25) is 0 Å². The third-order valence-electron chi connectivity index (χ3n) is 1.77. The van der Waals surface area contributed by atoms with Crippen LogP contribution >= 0.6 is 11.6 Å². The number of hydrogen-bond donors (Lipinski definition) is 3. The van der Waals surface area contributed by atoms with Gasteiger partial charge < -0.3 is 10.2 Å². The lowest BCUT2D eigenvalue weighted by molar-refractivity contribution is -0.137. The average Bonchev–Trinajstić information content (AvgIpc) is 2.29. The molecule has 1 aromatic heterocycles. The van der Waals surface area contributed by atoms with Gasteiger partial charge in [-0.1, -0.05) is 11.6 Å². The highest BCUT2D eigenvalue weighted by atomic mass is 35.5. The molecule has 0 radical (unpaired) electrons. The predicted molar refractivity (Wildman–Crippen MR) is 59.5 cm³/mol. The second-order valence-corrected chi connectivity index (χ2v) is 3.60. The van der Waals surface area contributed by atoms with Gasteiger partial charge in [0.1, 0.15) is 6.10 Å². The van der Waals surface area contributed by atoms with E-state index in [0.717, 1.165) is 6.21 Å². The third-order valence-corrected chi connectivity index (χ3v) is 2.06. The number of alkyl halides is 3. The van der Waals surface area contributed by atoms with Crippen LogP contribution in [0.2, 0.25) is 5.02 Å². The summed E-state index contributed by atoms with van der Waals surface area (Å²) in [6.07, 6.45) is -4.14. The first-order valence-corrected chi connectivity index (χ1v) is 5.03. The quantitative estimate of drug-likeness (QED) is 0.578. The van der Waals surface area contributed by atoms with Gasteiger partial charge in [0, 0.05) is 6.20 Å². The second-order valence-electron chi connectivity index (χ2n) is 3.19. The van der Waals surface area contributed by atoms with Crippen LogP contribution in [0.3, 0.4) is 0 Å². The number of nitrogens with zero attached hydrogens (tertiary/aromatic N) is 2.